The molecule has 0 atom stereocenters. The molecule has 5 nitrogen and oxygen atoms in total. The second-order valence-corrected chi connectivity index (χ2v) is 4.79. The zero-order chi connectivity index (χ0) is 11.1. The van der Waals surface area contributed by atoms with E-state index in [1.807, 2.05) is 7.05 Å². The highest BCUT2D eigenvalue weighted by atomic mass is 32.2. The van der Waals surface area contributed by atoms with Crippen LogP contribution in [0, 0.1) is 5.92 Å². The number of aromatic nitrogens is 4. The molecule has 0 spiro atoms. The molecule has 6 heteroatoms. The summed E-state index contributed by atoms with van der Waals surface area (Å²) in [5, 5.41) is 12.0. The van der Waals surface area contributed by atoms with Crippen LogP contribution < -0.4 is 0 Å². The number of rotatable bonds is 7. The van der Waals surface area contributed by atoms with Gasteiger partial charge in [-0.05, 0) is 22.8 Å². The molecule has 15 heavy (non-hydrogen) atoms. The van der Waals surface area contributed by atoms with Gasteiger partial charge in [0.25, 0.3) is 0 Å². The van der Waals surface area contributed by atoms with Crippen molar-refractivity contribution in [3.05, 3.63) is 0 Å². The van der Waals surface area contributed by atoms with Gasteiger partial charge in [0.1, 0.15) is 0 Å². The van der Waals surface area contributed by atoms with Crippen LogP contribution in [0.3, 0.4) is 0 Å². The first-order chi connectivity index (χ1) is 7.20. The third kappa shape index (κ3) is 5.13. The number of ether oxygens (including phenoxy) is 1. The summed E-state index contributed by atoms with van der Waals surface area (Å²) in [5.41, 5.74) is 0. The lowest BCUT2D eigenvalue weighted by molar-refractivity contribution is 0.138. The lowest BCUT2D eigenvalue weighted by Crippen LogP contribution is -2.03. The molecule has 86 valence electrons. The fourth-order valence-corrected chi connectivity index (χ4v) is 1.66. The summed E-state index contributed by atoms with van der Waals surface area (Å²) in [4.78, 5) is 0. The molecule has 0 fully saturated rings. The van der Waals surface area contributed by atoms with Gasteiger partial charge < -0.3 is 4.74 Å². The molecule has 0 unspecified atom stereocenters. The minimum Gasteiger partial charge on any atom is -0.381 e. The fourth-order valence-electron chi connectivity index (χ4n) is 0.956. The minimum atomic E-state index is 0.709. The molecule has 0 saturated heterocycles. The summed E-state index contributed by atoms with van der Waals surface area (Å²) in [6.07, 6.45) is 1.12. The first kappa shape index (κ1) is 12.4. The molecule has 1 aromatic heterocycles. The zero-order valence-electron chi connectivity index (χ0n) is 9.51. The molecule has 0 saturated carbocycles. The van der Waals surface area contributed by atoms with Crippen molar-refractivity contribution in [3.8, 4) is 0 Å². The molecule has 0 aliphatic rings. The van der Waals surface area contributed by atoms with Crippen molar-refractivity contribution in [3.63, 3.8) is 0 Å². The Morgan fingerprint density at radius 1 is 1.40 bits per heavy atom. The summed E-state index contributed by atoms with van der Waals surface area (Å²) in [7, 11) is 1.84. The largest absolute Gasteiger partial charge is 0.381 e. The molecule has 0 aliphatic heterocycles. The molecule has 0 amide bonds. The molecule has 1 rings (SSSR count). The molecule has 1 heterocycles. The highest BCUT2D eigenvalue weighted by Crippen LogP contribution is 2.11. The van der Waals surface area contributed by atoms with Gasteiger partial charge >= 0.3 is 0 Å². The molecular formula is C9H18N4OS. The van der Waals surface area contributed by atoms with Crippen molar-refractivity contribution >= 4 is 11.8 Å². The lowest BCUT2D eigenvalue weighted by atomic mass is 10.1. The van der Waals surface area contributed by atoms with Gasteiger partial charge in [0, 0.05) is 19.4 Å². The summed E-state index contributed by atoms with van der Waals surface area (Å²) >= 11 is 1.61. The standard InChI is InChI=1S/C9H18N4OS/c1-8(2)4-5-14-6-7-15-9-10-11-12-13(9)3/h8H,4-7H2,1-3H3. The van der Waals surface area contributed by atoms with Crippen molar-refractivity contribution in [2.45, 2.75) is 25.4 Å². The van der Waals surface area contributed by atoms with E-state index >= 15 is 0 Å². The first-order valence-electron chi connectivity index (χ1n) is 5.13. The Balaban J connectivity index is 2.00. The number of tetrazole rings is 1. The van der Waals surface area contributed by atoms with Crippen molar-refractivity contribution < 1.29 is 4.74 Å². The SMILES string of the molecule is CC(C)CCOCCSc1nnnn1C. The van der Waals surface area contributed by atoms with Gasteiger partial charge in [0.15, 0.2) is 0 Å². The minimum absolute atomic E-state index is 0.709. The normalized spacial score (nSPS) is 11.2. The van der Waals surface area contributed by atoms with Crippen LogP contribution in [0.1, 0.15) is 20.3 Å². The number of aryl methyl sites for hydroxylation is 1. The van der Waals surface area contributed by atoms with Gasteiger partial charge in [-0.15, -0.1) is 5.10 Å². The van der Waals surface area contributed by atoms with Gasteiger partial charge in [-0.2, -0.15) is 0 Å². The Morgan fingerprint density at radius 3 is 2.80 bits per heavy atom. The van der Waals surface area contributed by atoms with Crippen LogP contribution in [0.15, 0.2) is 5.16 Å². The quantitative estimate of drug-likeness (QED) is 0.523. The first-order valence-corrected chi connectivity index (χ1v) is 6.11. The molecule has 0 N–H and O–H groups in total. The number of hydrogen-bond donors (Lipinski definition) is 0. The van der Waals surface area contributed by atoms with E-state index in [2.05, 4.69) is 29.4 Å². The van der Waals surface area contributed by atoms with Crippen LogP contribution in [0.5, 0.6) is 0 Å². The predicted octanol–water partition coefficient (Wildman–Crippen LogP) is 1.36. The lowest BCUT2D eigenvalue weighted by Gasteiger charge is -2.05. The molecular weight excluding hydrogens is 212 g/mol. The highest BCUT2D eigenvalue weighted by molar-refractivity contribution is 7.99. The van der Waals surface area contributed by atoms with Crippen molar-refractivity contribution in [2.24, 2.45) is 13.0 Å². The maximum atomic E-state index is 5.48. The van der Waals surface area contributed by atoms with E-state index in [-0.39, 0.29) is 0 Å². The van der Waals surface area contributed by atoms with Crippen molar-refractivity contribution in [1.82, 2.24) is 20.2 Å². The summed E-state index contributed by atoms with van der Waals surface area (Å²) in [5.74, 6) is 1.60. The van der Waals surface area contributed by atoms with E-state index in [4.69, 9.17) is 4.74 Å². The average Bonchev–Trinajstić information content (AvgIpc) is 2.57. The Kier molecular flexibility index (Phi) is 5.63. The number of hydrogen-bond acceptors (Lipinski definition) is 5. The van der Waals surface area contributed by atoms with Crippen LogP contribution in [-0.2, 0) is 11.8 Å². The van der Waals surface area contributed by atoms with E-state index in [1.54, 1.807) is 16.4 Å². The van der Waals surface area contributed by atoms with Gasteiger partial charge in [-0.1, -0.05) is 25.6 Å². The molecule has 0 radical (unpaired) electrons. The smallest absolute Gasteiger partial charge is 0.209 e. The third-order valence-electron chi connectivity index (χ3n) is 1.88. The van der Waals surface area contributed by atoms with Crippen LogP contribution in [0.4, 0.5) is 0 Å². The topological polar surface area (TPSA) is 52.8 Å². The fraction of sp³-hybridized carbons (Fsp3) is 0.889. The van der Waals surface area contributed by atoms with Crippen LogP contribution in [-0.4, -0.2) is 39.2 Å². The summed E-state index contributed by atoms with van der Waals surface area (Å²) < 4.78 is 7.15. The molecule has 1 aromatic rings. The highest BCUT2D eigenvalue weighted by Gasteiger charge is 2.01. The summed E-state index contributed by atoms with van der Waals surface area (Å²) in [6, 6.07) is 0. The third-order valence-corrected chi connectivity index (χ3v) is 2.85. The van der Waals surface area contributed by atoms with Crippen molar-refractivity contribution in [1.29, 1.82) is 0 Å². The van der Waals surface area contributed by atoms with E-state index in [0.29, 0.717) is 5.92 Å². The molecule has 0 aliphatic carbocycles. The number of thioether (sulfide) groups is 1. The van der Waals surface area contributed by atoms with Gasteiger partial charge in [0.2, 0.25) is 5.16 Å². The van der Waals surface area contributed by atoms with Gasteiger partial charge in [-0.25, -0.2) is 4.68 Å². The van der Waals surface area contributed by atoms with Crippen LogP contribution in [0.2, 0.25) is 0 Å². The van der Waals surface area contributed by atoms with Crippen molar-refractivity contribution in [2.75, 3.05) is 19.0 Å². The predicted molar refractivity (Wildman–Crippen MR) is 59.8 cm³/mol. The zero-order valence-corrected chi connectivity index (χ0v) is 10.3. The average molecular weight is 230 g/mol. The second-order valence-electron chi connectivity index (χ2n) is 3.73. The Labute approximate surface area is 94.6 Å². The Hall–Kier alpha value is -0.620. The summed E-state index contributed by atoms with van der Waals surface area (Å²) in [6.45, 7) is 5.99. The second kappa shape index (κ2) is 6.79. The van der Waals surface area contributed by atoms with Gasteiger partial charge in [0.05, 0.1) is 6.61 Å². The maximum absolute atomic E-state index is 5.48. The van der Waals surface area contributed by atoms with Gasteiger partial charge in [-0.3, -0.25) is 0 Å². The van der Waals surface area contributed by atoms with Crippen LogP contribution in [0.25, 0.3) is 0 Å². The van der Waals surface area contributed by atoms with E-state index in [0.717, 1.165) is 30.5 Å². The Morgan fingerprint density at radius 2 is 2.20 bits per heavy atom. The number of nitrogens with zero attached hydrogens (tertiary/aromatic N) is 4. The Bertz CT molecular complexity index is 277. The monoisotopic (exact) mass is 230 g/mol. The molecule has 0 aromatic carbocycles. The van der Waals surface area contributed by atoms with E-state index in [9.17, 15) is 0 Å². The van der Waals surface area contributed by atoms with E-state index in [1.165, 1.54) is 0 Å². The van der Waals surface area contributed by atoms with E-state index < -0.39 is 0 Å². The van der Waals surface area contributed by atoms with Crippen LogP contribution >= 0.6 is 11.8 Å². The molecule has 0 bridgehead atoms. The maximum Gasteiger partial charge on any atom is 0.209 e.